The lowest BCUT2D eigenvalue weighted by Crippen LogP contribution is -2.22. The molecule has 5 nitrogen and oxygen atoms in total. The molecule has 2 rings (SSSR count). The number of para-hydroxylation sites is 2. The largest absolute Gasteiger partial charge is 0.494 e. The predicted molar refractivity (Wildman–Crippen MR) is 76.0 cm³/mol. The molecule has 2 aromatic rings. The zero-order chi connectivity index (χ0) is 14.0. The van der Waals surface area contributed by atoms with Crippen LogP contribution in [0.2, 0.25) is 0 Å². The first-order valence-corrected chi connectivity index (χ1v) is 6.39. The average molecular weight is 261 g/mol. The van der Waals surface area contributed by atoms with Gasteiger partial charge in [-0.15, -0.1) is 0 Å². The van der Waals surface area contributed by atoms with Gasteiger partial charge in [0.25, 0.3) is 5.56 Å². The van der Waals surface area contributed by atoms with Gasteiger partial charge in [-0.3, -0.25) is 9.48 Å². The molecule has 2 N–H and O–H groups in total. The van der Waals surface area contributed by atoms with E-state index in [4.69, 9.17) is 10.5 Å². The van der Waals surface area contributed by atoms with E-state index in [-0.39, 0.29) is 5.56 Å². The van der Waals surface area contributed by atoms with Crippen LogP contribution in [0.5, 0.6) is 5.75 Å². The fourth-order valence-corrected chi connectivity index (χ4v) is 2.36. The molecule has 0 amide bonds. The van der Waals surface area contributed by atoms with Crippen LogP contribution in [-0.2, 0) is 13.0 Å². The van der Waals surface area contributed by atoms with Crippen molar-refractivity contribution in [3.05, 3.63) is 40.3 Å². The van der Waals surface area contributed by atoms with Gasteiger partial charge in [0, 0.05) is 6.54 Å². The summed E-state index contributed by atoms with van der Waals surface area (Å²) in [4.78, 5) is 12.4. The van der Waals surface area contributed by atoms with Crippen LogP contribution >= 0.6 is 0 Å². The van der Waals surface area contributed by atoms with Gasteiger partial charge < -0.3 is 10.5 Å². The minimum absolute atomic E-state index is 0.191. The number of hydrogen-bond acceptors (Lipinski definition) is 3. The summed E-state index contributed by atoms with van der Waals surface area (Å²) < 4.78 is 8.81. The molecule has 1 aromatic heterocycles. The van der Waals surface area contributed by atoms with E-state index in [1.165, 1.54) is 0 Å². The third kappa shape index (κ3) is 2.01. The molecule has 0 radical (unpaired) electrons. The highest BCUT2D eigenvalue weighted by Crippen LogP contribution is 2.23. The van der Waals surface area contributed by atoms with Crippen LogP contribution in [0.1, 0.15) is 19.5 Å². The highest BCUT2D eigenvalue weighted by atomic mass is 16.5. The first-order valence-electron chi connectivity index (χ1n) is 6.39. The topological polar surface area (TPSA) is 62.2 Å². The number of hydrogen-bond donors (Lipinski definition) is 1. The third-order valence-electron chi connectivity index (χ3n) is 3.23. The molecule has 0 saturated heterocycles. The Hall–Kier alpha value is -2.17. The minimum Gasteiger partial charge on any atom is -0.494 e. The van der Waals surface area contributed by atoms with Crippen molar-refractivity contribution in [3.63, 3.8) is 0 Å². The molecule has 0 bridgehead atoms. The Morgan fingerprint density at radius 3 is 2.53 bits per heavy atom. The molecule has 0 fully saturated rings. The highest BCUT2D eigenvalue weighted by molar-refractivity contribution is 5.51. The lowest BCUT2D eigenvalue weighted by Gasteiger charge is -2.14. The lowest BCUT2D eigenvalue weighted by atomic mass is 10.3. The number of anilines is 1. The molecule has 0 spiro atoms. The minimum atomic E-state index is -0.191. The van der Waals surface area contributed by atoms with E-state index in [1.54, 1.807) is 11.8 Å². The van der Waals surface area contributed by atoms with Crippen molar-refractivity contribution in [2.75, 3.05) is 12.8 Å². The van der Waals surface area contributed by atoms with Crippen LogP contribution in [-0.4, -0.2) is 16.5 Å². The van der Waals surface area contributed by atoms with Crippen LogP contribution in [0.25, 0.3) is 5.69 Å². The summed E-state index contributed by atoms with van der Waals surface area (Å²) in [5.74, 6) is 0.652. The Morgan fingerprint density at radius 1 is 1.26 bits per heavy atom. The molecule has 19 heavy (non-hydrogen) atoms. The Morgan fingerprint density at radius 2 is 1.95 bits per heavy atom. The van der Waals surface area contributed by atoms with Crippen LogP contribution in [0.3, 0.4) is 0 Å². The number of methoxy groups -OCH3 is 1. The second-order valence-electron chi connectivity index (χ2n) is 4.22. The molecule has 5 heteroatoms. The van der Waals surface area contributed by atoms with E-state index < -0.39 is 0 Å². The van der Waals surface area contributed by atoms with Crippen molar-refractivity contribution in [1.82, 2.24) is 9.36 Å². The summed E-state index contributed by atoms with van der Waals surface area (Å²) in [5, 5.41) is 0. The molecular formula is C14H19N3O2. The van der Waals surface area contributed by atoms with E-state index in [0.29, 0.717) is 23.7 Å². The monoisotopic (exact) mass is 261 g/mol. The van der Waals surface area contributed by atoms with E-state index in [0.717, 1.165) is 12.1 Å². The maximum absolute atomic E-state index is 12.4. The molecule has 1 aromatic carbocycles. The Bertz CT molecular complexity index is 641. The molecule has 1 heterocycles. The van der Waals surface area contributed by atoms with Crippen LogP contribution < -0.4 is 16.0 Å². The van der Waals surface area contributed by atoms with Crippen molar-refractivity contribution in [2.24, 2.45) is 0 Å². The second-order valence-corrected chi connectivity index (χ2v) is 4.22. The van der Waals surface area contributed by atoms with E-state index >= 15 is 0 Å². The van der Waals surface area contributed by atoms with E-state index in [2.05, 4.69) is 0 Å². The Kier molecular flexibility index (Phi) is 3.64. The van der Waals surface area contributed by atoms with Gasteiger partial charge in [-0.05, 0) is 25.5 Å². The summed E-state index contributed by atoms with van der Waals surface area (Å²) in [6, 6.07) is 7.43. The van der Waals surface area contributed by atoms with Gasteiger partial charge in [0.15, 0.2) is 0 Å². The van der Waals surface area contributed by atoms with Crippen LogP contribution in [0.15, 0.2) is 29.1 Å². The quantitative estimate of drug-likeness (QED) is 0.913. The fraction of sp³-hybridized carbons (Fsp3) is 0.357. The third-order valence-corrected chi connectivity index (χ3v) is 3.23. The molecule has 0 saturated carbocycles. The van der Waals surface area contributed by atoms with E-state index in [1.807, 2.05) is 42.8 Å². The number of nitrogen functional groups attached to an aromatic ring is 1. The van der Waals surface area contributed by atoms with Gasteiger partial charge in [0.2, 0.25) is 0 Å². The standard InChI is InChI=1S/C14H19N3O2/c1-4-10-13(15)14(18)17(16(10)5-2)11-8-6-7-9-12(11)19-3/h6-9H,4-5,15H2,1-3H3. The van der Waals surface area contributed by atoms with Gasteiger partial charge in [0.05, 0.1) is 12.8 Å². The first-order chi connectivity index (χ1) is 9.15. The second kappa shape index (κ2) is 5.22. The van der Waals surface area contributed by atoms with Gasteiger partial charge in [0.1, 0.15) is 17.1 Å². The summed E-state index contributed by atoms with van der Waals surface area (Å²) in [5.41, 5.74) is 7.62. The van der Waals surface area contributed by atoms with Crippen LogP contribution in [0.4, 0.5) is 5.69 Å². The van der Waals surface area contributed by atoms with Crippen molar-refractivity contribution in [1.29, 1.82) is 0 Å². The van der Waals surface area contributed by atoms with Gasteiger partial charge >= 0.3 is 0 Å². The average Bonchev–Trinajstić information content (AvgIpc) is 2.70. The smallest absolute Gasteiger partial charge is 0.294 e. The highest BCUT2D eigenvalue weighted by Gasteiger charge is 2.18. The van der Waals surface area contributed by atoms with Crippen molar-refractivity contribution >= 4 is 5.69 Å². The normalized spacial score (nSPS) is 10.7. The number of ether oxygens (including phenoxy) is 1. The predicted octanol–water partition coefficient (Wildman–Crippen LogP) is 1.81. The number of rotatable bonds is 4. The molecule has 0 aliphatic carbocycles. The Labute approximate surface area is 112 Å². The molecule has 102 valence electrons. The summed E-state index contributed by atoms with van der Waals surface area (Å²) in [7, 11) is 1.59. The van der Waals surface area contributed by atoms with Crippen molar-refractivity contribution in [3.8, 4) is 11.4 Å². The van der Waals surface area contributed by atoms with Gasteiger partial charge in [-0.25, -0.2) is 4.68 Å². The molecular weight excluding hydrogens is 242 g/mol. The maximum Gasteiger partial charge on any atom is 0.294 e. The SMILES string of the molecule is CCc1c(N)c(=O)n(-c2ccccc2OC)n1CC. The molecule has 0 aliphatic heterocycles. The number of nitrogens with two attached hydrogens (primary N) is 1. The summed E-state index contributed by atoms with van der Waals surface area (Å²) in [6.07, 6.45) is 0.719. The number of benzene rings is 1. The molecule has 0 unspecified atom stereocenters. The van der Waals surface area contributed by atoms with Crippen LogP contribution in [0, 0.1) is 0 Å². The van der Waals surface area contributed by atoms with Crippen molar-refractivity contribution < 1.29 is 4.74 Å². The van der Waals surface area contributed by atoms with Gasteiger partial charge in [-0.2, -0.15) is 0 Å². The molecule has 0 atom stereocenters. The first kappa shape index (κ1) is 13.3. The van der Waals surface area contributed by atoms with Gasteiger partial charge in [-0.1, -0.05) is 19.1 Å². The summed E-state index contributed by atoms with van der Waals surface area (Å²) in [6.45, 7) is 4.65. The molecule has 0 aliphatic rings. The maximum atomic E-state index is 12.4. The number of nitrogens with zero attached hydrogens (tertiary/aromatic N) is 2. The summed E-state index contributed by atoms with van der Waals surface area (Å²) >= 11 is 0. The fourth-order valence-electron chi connectivity index (χ4n) is 2.36. The zero-order valence-corrected chi connectivity index (χ0v) is 11.5. The lowest BCUT2D eigenvalue weighted by molar-refractivity contribution is 0.407. The van der Waals surface area contributed by atoms with Crippen molar-refractivity contribution in [2.45, 2.75) is 26.8 Å². The number of aromatic nitrogens is 2. The Balaban J connectivity index is 2.79. The van der Waals surface area contributed by atoms with E-state index in [9.17, 15) is 4.79 Å². The zero-order valence-electron chi connectivity index (χ0n) is 11.5.